The molecule has 0 bridgehead atoms. The van der Waals surface area contributed by atoms with Gasteiger partial charge >= 0.3 is 17.9 Å². The summed E-state index contributed by atoms with van der Waals surface area (Å²) in [5, 5.41) is 18.0. The van der Waals surface area contributed by atoms with Crippen LogP contribution < -0.4 is 14.8 Å². The molecule has 144 valence electrons. The molecule has 1 aliphatic heterocycles. The molecule has 0 saturated heterocycles. The summed E-state index contributed by atoms with van der Waals surface area (Å²) in [5.41, 5.74) is 0. The lowest BCUT2D eigenvalue weighted by Crippen LogP contribution is -2.46. The summed E-state index contributed by atoms with van der Waals surface area (Å²) in [7, 11) is 0. The van der Waals surface area contributed by atoms with E-state index in [-0.39, 0.29) is 18.1 Å². The first-order chi connectivity index (χ1) is 12.3. The molecule has 2 unspecified atom stereocenters. The second-order valence-corrected chi connectivity index (χ2v) is 5.32. The molecule has 0 saturated carbocycles. The predicted molar refractivity (Wildman–Crippen MR) is 90.3 cm³/mol. The smallest absolute Gasteiger partial charge is 0.414 e. The number of carboxylic acid groups (broad SMARTS) is 2. The molecule has 2 rings (SSSR count). The molecule has 1 aromatic rings. The van der Waals surface area contributed by atoms with E-state index >= 15 is 0 Å². The van der Waals surface area contributed by atoms with Gasteiger partial charge in [0.25, 0.3) is 0 Å². The molecular formula is C17H23NO8. The Morgan fingerprint density at radius 1 is 1.23 bits per heavy atom. The van der Waals surface area contributed by atoms with Crippen LogP contribution in [0.3, 0.4) is 0 Å². The Hall–Kier alpha value is -2.81. The van der Waals surface area contributed by atoms with Gasteiger partial charge in [-0.1, -0.05) is 12.1 Å². The molecule has 1 aromatic carbocycles. The molecule has 0 amide bonds. The molecule has 9 nitrogen and oxygen atoms in total. The van der Waals surface area contributed by atoms with Gasteiger partial charge < -0.3 is 29.7 Å². The highest BCUT2D eigenvalue weighted by molar-refractivity contribution is 6.27. The number of nitrogens with one attached hydrogen (secondary N) is 1. The van der Waals surface area contributed by atoms with Gasteiger partial charge in [0.15, 0.2) is 11.5 Å². The fraction of sp³-hybridized carbons (Fsp3) is 0.471. The highest BCUT2D eigenvalue weighted by atomic mass is 16.6. The Kier molecular flexibility index (Phi) is 8.93. The van der Waals surface area contributed by atoms with Gasteiger partial charge in [-0.3, -0.25) is 4.79 Å². The molecule has 0 radical (unpaired) electrons. The number of fused-ring (bicyclic) bond motifs is 1. The number of carbonyl (C=O) groups is 3. The average molecular weight is 369 g/mol. The zero-order chi connectivity index (χ0) is 19.5. The maximum absolute atomic E-state index is 11.2. The van der Waals surface area contributed by atoms with Crippen molar-refractivity contribution < 1.29 is 38.8 Å². The fourth-order valence-corrected chi connectivity index (χ4v) is 2.05. The monoisotopic (exact) mass is 369 g/mol. The van der Waals surface area contributed by atoms with Crippen molar-refractivity contribution >= 4 is 17.9 Å². The number of esters is 1. The van der Waals surface area contributed by atoms with E-state index < -0.39 is 11.9 Å². The Balaban J connectivity index is 0.000000487. The van der Waals surface area contributed by atoms with E-state index in [1.807, 2.05) is 31.2 Å². The molecule has 0 aliphatic carbocycles. The third kappa shape index (κ3) is 7.39. The summed E-state index contributed by atoms with van der Waals surface area (Å²) < 4.78 is 16.4. The number of rotatable bonds is 6. The fourth-order valence-electron chi connectivity index (χ4n) is 2.05. The Bertz CT molecular complexity index is 607. The van der Waals surface area contributed by atoms with Crippen LogP contribution in [0, 0.1) is 0 Å². The largest absolute Gasteiger partial charge is 0.486 e. The van der Waals surface area contributed by atoms with Crippen LogP contribution in [0.15, 0.2) is 24.3 Å². The average Bonchev–Trinajstić information content (AvgIpc) is 2.62. The van der Waals surface area contributed by atoms with Crippen molar-refractivity contribution in [2.45, 2.75) is 32.4 Å². The number of hydrogen-bond donors (Lipinski definition) is 3. The van der Waals surface area contributed by atoms with Crippen LogP contribution in [-0.4, -0.2) is 60.0 Å². The zero-order valence-electron chi connectivity index (χ0n) is 14.6. The maximum atomic E-state index is 11.2. The van der Waals surface area contributed by atoms with Crippen LogP contribution in [0.5, 0.6) is 11.5 Å². The Labute approximate surface area is 150 Å². The molecule has 1 aliphatic rings. The van der Waals surface area contributed by atoms with Gasteiger partial charge in [0.1, 0.15) is 12.7 Å². The molecule has 0 spiro atoms. The lowest BCUT2D eigenvalue weighted by Gasteiger charge is -2.30. The second-order valence-electron chi connectivity index (χ2n) is 5.32. The molecule has 1 heterocycles. The van der Waals surface area contributed by atoms with E-state index in [1.165, 1.54) is 0 Å². The Morgan fingerprint density at radius 3 is 2.42 bits per heavy atom. The zero-order valence-corrected chi connectivity index (χ0v) is 14.6. The van der Waals surface area contributed by atoms with Crippen molar-refractivity contribution in [3.63, 3.8) is 0 Å². The summed E-state index contributed by atoms with van der Waals surface area (Å²) in [4.78, 5) is 29.4. The van der Waals surface area contributed by atoms with Crippen molar-refractivity contribution in [2.75, 3.05) is 19.8 Å². The van der Waals surface area contributed by atoms with E-state index in [2.05, 4.69) is 5.32 Å². The minimum Gasteiger partial charge on any atom is -0.486 e. The van der Waals surface area contributed by atoms with Crippen LogP contribution >= 0.6 is 0 Å². The van der Waals surface area contributed by atoms with E-state index in [1.54, 1.807) is 6.92 Å². The van der Waals surface area contributed by atoms with Crippen molar-refractivity contribution in [2.24, 2.45) is 0 Å². The molecule has 0 aromatic heterocycles. The van der Waals surface area contributed by atoms with Crippen molar-refractivity contribution in [1.82, 2.24) is 5.32 Å². The number of para-hydroxylation sites is 2. The molecule has 9 heteroatoms. The predicted octanol–water partition coefficient (Wildman–Crippen LogP) is 0.913. The number of carboxylic acids is 2. The minimum atomic E-state index is -1.82. The van der Waals surface area contributed by atoms with E-state index in [9.17, 15) is 4.79 Å². The SMILES string of the molecule is CCOC(=O)CCNC(C)C1COc2ccccc2O1.O=C(O)C(=O)O. The van der Waals surface area contributed by atoms with Gasteiger partial charge in [0, 0.05) is 12.6 Å². The van der Waals surface area contributed by atoms with E-state index in [0.29, 0.717) is 26.2 Å². The van der Waals surface area contributed by atoms with Crippen LogP contribution in [0.1, 0.15) is 20.3 Å². The standard InChI is InChI=1S/C15H21NO4.C2H2O4/c1-3-18-15(17)8-9-16-11(2)14-10-19-12-6-4-5-7-13(12)20-14;3-1(4)2(5)6/h4-7,11,14,16H,3,8-10H2,1-2H3;(H,3,4)(H,5,6). The van der Waals surface area contributed by atoms with Gasteiger partial charge in [0.2, 0.25) is 0 Å². The summed E-state index contributed by atoms with van der Waals surface area (Å²) >= 11 is 0. The van der Waals surface area contributed by atoms with E-state index in [0.717, 1.165) is 11.5 Å². The van der Waals surface area contributed by atoms with Gasteiger partial charge in [-0.25, -0.2) is 9.59 Å². The molecule has 26 heavy (non-hydrogen) atoms. The second kappa shape index (κ2) is 10.9. The molecule has 3 N–H and O–H groups in total. The Morgan fingerprint density at radius 2 is 1.85 bits per heavy atom. The lowest BCUT2D eigenvalue weighted by atomic mass is 10.1. The van der Waals surface area contributed by atoms with Crippen LogP contribution in [-0.2, 0) is 19.1 Å². The first-order valence-corrected chi connectivity index (χ1v) is 8.08. The third-order valence-corrected chi connectivity index (χ3v) is 3.37. The third-order valence-electron chi connectivity index (χ3n) is 3.37. The quantitative estimate of drug-likeness (QED) is 0.494. The highest BCUT2D eigenvalue weighted by Gasteiger charge is 2.25. The number of aliphatic carboxylic acids is 2. The minimum absolute atomic E-state index is 0.0629. The number of benzene rings is 1. The summed E-state index contributed by atoms with van der Waals surface area (Å²) in [6, 6.07) is 7.72. The highest BCUT2D eigenvalue weighted by Crippen LogP contribution is 2.31. The number of carbonyl (C=O) groups excluding carboxylic acids is 1. The van der Waals surface area contributed by atoms with Crippen LogP contribution in [0.2, 0.25) is 0 Å². The van der Waals surface area contributed by atoms with Crippen LogP contribution in [0.4, 0.5) is 0 Å². The van der Waals surface area contributed by atoms with Gasteiger partial charge in [-0.2, -0.15) is 0 Å². The van der Waals surface area contributed by atoms with Crippen molar-refractivity contribution in [3.8, 4) is 11.5 Å². The van der Waals surface area contributed by atoms with Crippen molar-refractivity contribution in [1.29, 1.82) is 0 Å². The topological polar surface area (TPSA) is 131 Å². The van der Waals surface area contributed by atoms with E-state index in [4.69, 9.17) is 34.0 Å². The van der Waals surface area contributed by atoms with Gasteiger partial charge in [-0.15, -0.1) is 0 Å². The normalized spacial score (nSPS) is 15.8. The summed E-state index contributed by atoms with van der Waals surface area (Å²) in [5.74, 6) is -2.28. The summed E-state index contributed by atoms with van der Waals surface area (Å²) in [6.07, 6.45) is 0.301. The molecule has 2 atom stereocenters. The first-order valence-electron chi connectivity index (χ1n) is 8.08. The number of hydrogen-bond acceptors (Lipinski definition) is 7. The lowest BCUT2D eigenvalue weighted by molar-refractivity contribution is -0.159. The van der Waals surface area contributed by atoms with Crippen molar-refractivity contribution in [3.05, 3.63) is 24.3 Å². The molecular weight excluding hydrogens is 346 g/mol. The van der Waals surface area contributed by atoms with Crippen LogP contribution in [0.25, 0.3) is 0 Å². The van der Waals surface area contributed by atoms with Gasteiger partial charge in [0.05, 0.1) is 13.0 Å². The number of ether oxygens (including phenoxy) is 3. The maximum Gasteiger partial charge on any atom is 0.414 e. The first kappa shape index (κ1) is 21.2. The summed E-state index contributed by atoms with van der Waals surface area (Å²) in [6.45, 7) is 5.32. The van der Waals surface area contributed by atoms with Gasteiger partial charge in [-0.05, 0) is 26.0 Å². The molecule has 0 fully saturated rings.